The number of aromatic carboxylic acids is 1. The number of aryl methyl sites for hydroxylation is 2. The van der Waals surface area contributed by atoms with Crippen molar-refractivity contribution in [3.63, 3.8) is 0 Å². The second kappa shape index (κ2) is 22.3. The van der Waals surface area contributed by atoms with Crippen molar-refractivity contribution in [1.29, 1.82) is 0 Å². The third kappa shape index (κ3) is 11.7. The van der Waals surface area contributed by atoms with Gasteiger partial charge in [-0.2, -0.15) is 13.6 Å². The molecule has 29 heteroatoms. The smallest absolute Gasteiger partial charge is 0.478 e. The fourth-order valence-corrected chi connectivity index (χ4v) is 13.6. The summed E-state index contributed by atoms with van der Waals surface area (Å²) in [6.07, 6.45) is -0.395. The zero-order valence-corrected chi connectivity index (χ0v) is 44.0. The Kier molecular flexibility index (Phi) is 16.2. The van der Waals surface area contributed by atoms with Crippen LogP contribution in [0.3, 0.4) is 0 Å². The number of nitrogens with zero attached hydrogens (tertiary/aromatic N) is 5. The lowest BCUT2D eigenvalue weighted by Crippen LogP contribution is -2.39. The summed E-state index contributed by atoms with van der Waals surface area (Å²) in [5, 5.41) is 36.4. The van der Waals surface area contributed by atoms with Gasteiger partial charge in [-0.1, -0.05) is 12.8 Å². The number of unbranched alkanes of at least 4 members (excludes halogenated alkanes) is 3. The van der Waals surface area contributed by atoms with E-state index >= 15 is 0 Å². The number of carbonyl (C=O) groups is 2. The van der Waals surface area contributed by atoms with E-state index in [1.165, 1.54) is 12.1 Å². The highest BCUT2D eigenvalue weighted by atomic mass is 31.3. The zero-order valence-electron chi connectivity index (χ0n) is 41.3. The molecule has 1 fully saturated rings. The average molecular weight is 1120 g/mol. The normalized spacial score (nSPS) is 21.4. The first-order valence-corrected chi connectivity index (χ1v) is 29.1. The summed E-state index contributed by atoms with van der Waals surface area (Å²) in [6.45, 7) is 6.40. The van der Waals surface area contributed by atoms with Crippen molar-refractivity contribution in [2.75, 3.05) is 56.6 Å². The maximum atomic E-state index is 13.7. The number of anilines is 2. The number of H-pyrrole nitrogens is 1. The van der Waals surface area contributed by atoms with E-state index in [0.717, 1.165) is 95.7 Å². The number of ether oxygens (including phenoxy) is 2. The van der Waals surface area contributed by atoms with Gasteiger partial charge in [-0.05, 0) is 87.4 Å². The van der Waals surface area contributed by atoms with Crippen LogP contribution in [0.5, 0.6) is 11.5 Å². The molecule has 0 saturated carbocycles. The summed E-state index contributed by atoms with van der Waals surface area (Å²) in [7, 11) is -16.9. The van der Waals surface area contributed by atoms with Crippen molar-refractivity contribution < 1.29 is 80.4 Å². The van der Waals surface area contributed by atoms with Crippen LogP contribution in [0, 0.1) is 0 Å². The second-order valence-corrected chi connectivity index (χ2v) is 23.2. The third-order valence-corrected chi connectivity index (χ3v) is 17.9. The second-order valence-electron chi connectivity index (χ2n) is 18.6. The molecule has 76 heavy (non-hydrogen) atoms. The molecule has 0 bridgehead atoms. The maximum absolute atomic E-state index is 13.7. The molecule has 7 atom stereocenters. The molecule has 6 heterocycles. The van der Waals surface area contributed by atoms with Gasteiger partial charge in [0, 0.05) is 65.3 Å². The number of carboxylic acids is 1. The molecular weight excluding hydrogens is 1060 g/mol. The number of aromatic nitrogens is 4. The van der Waals surface area contributed by atoms with Gasteiger partial charge in [0.05, 0.1) is 31.2 Å². The summed E-state index contributed by atoms with van der Waals surface area (Å²) in [5.74, 6) is -0.664. The van der Waals surface area contributed by atoms with Crippen LogP contribution < -0.4 is 41.4 Å². The number of fused-ring (bicyclic) bond motifs is 5. The number of hydrogen-bond donors (Lipinski definition) is 9. The summed E-state index contributed by atoms with van der Waals surface area (Å²) in [5.41, 5.74) is 10.0. The number of rotatable bonds is 21. The number of amides is 1. The molecular formula is C47H58N8O18P3+. The summed E-state index contributed by atoms with van der Waals surface area (Å²) in [6, 6.07) is 12.8. The van der Waals surface area contributed by atoms with Crippen LogP contribution in [-0.2, 0) is 48.9 Å². The molecule has 4 aliphatic heterocycles. The largest absolute Gasteiger partial charge is 0.490 e. The Bertz CT molecular complexity index is 3450. The molecule has 9 rings (SSSR count). The van der Waals surface area contributed by atoms with Crippen molar-refractivity contribution in [1.82, 2.24) is 29.4 Å². The number of carbonyl (C=O) groups excluding carboxylic acids is 1. The molecule has 10 N–H and O–H groups in total. The number of aliphatic hydroxyl groups is 2. The van der Waals surface area contributed by atoms with E-state index in [-0.39, 0.29) is 41.2 Å². The van der Waals surface area contributed by atoms with Gasteiger partial charge < -0.3 is 55.4 Å². The standard InChI is InChI=1S/C47H57N8O18P3/c1-3-53-16-9-11-26-19-31-35(22-33(26)53)70-36-23-34-27(12-10-17-54(34)4-2)20-32(36)38(31)30-21-28(13-14-29(30)46(60)61)43(58)49-15-7-5-6-8-18-68-74(62,63)72-76(66,67)73-75(64,65)69-24-37-40(56)41(57)45(71-37)55-25-50-39-42(55)51-47(48)52-44(39)59/h13-14,19-23,25,37,40-41,45,56-57H,3-12,15-18,24H2,1-2H3,(H7-,48,49,51,52,58,59,60,61,62,63,64,65,66,67)/p+1/t37-,40-,41-,45-/m1/s1. The molecule has 4 aliphatic rings. The number of carboxylic acid groups (broad SMARTS) is 1. The van der Waals surface area contributed by atoms with E-state index in [0.29, 0.717) is 41.9 Å². The first-order valence-electron chi connectivity index (χ1n) is 24.7. The summed E-state index contributed by atoms with van der Waals surface area (Å²) in [4.78, 5) is 81.5. The molecule has 0 spiro atoms. The minimum Gasteiger partial charge on any atom is -0.478 e. The van der Waals surface area contributed by atoms with Gasteiger partial charge in [-0.25, -0.2) is 28.0 Å². The lowest BCUT2D eigenvalue weighted by molar-refractivity contribution is -0.0503. The van der Waals surface area contributed by atoms with Crippen molar-refractivity contribution >= 4 is 63.7 Å². The molecule has 1 amide bonds. The maximum Gasteiger partial charge on any atom is 0.490 e. The first-order chi connectivity index (χ1) is 36.2. The number of nitrogen functional groups attached to an aromatic ring is 1. The highest BCUT2D eigenvalue weighted by Crippen LogP contribution is 2.67. The van der Waals surface area contributed by atoms with Crippen LogP contribution in [0.25, 0.3) is 16.7 Å². The van der Waals surface area contributed by atoms with E-state index in [9.17, 15) is 58.1 Å². The number of benzene rings is 3. The monoisotopic (exact) mass is 1120 g/mol. The number of phosphoric acid groups is 3. The van der Waals surface area contributed by atoms with Crippen molar-refractivity contribution in [2.45, 2.75) is 89.8 Å². The highest BCUT2D eigenvalue weighted by molar-refractivity contribution is 7.66. The first kappa shape index (κ1) is 55.1. The minimum absolute atomic E-state index is 0.0277. The number of imidazole rings is 1. The van der Waals surface area contributed by atoms with Crippen LogP contribution >= 0.6 is 23.5 Å². The lowest BCUT2D eigenvalue weighted by Gasteiger charge is -2.32. The number of nitrogens with two attached hydrogens (primary N) is 1. The quantitative estimate of drug-likeness (QED) is 0.0284. The Morgan fingerprint density at radius 3 is 2.41 bits per heavy atom. The van der Waals surface area contributed by atoms with Gasteiger partial charge in [-0.15, -0.1) is 0 Å². The topological polar surface area (TPSA) is 370 Å². The van der Waals surface area contributed by atoms with E-state index in [1.807, 2.05) is 12.1 Å². The van der Waals surface area contributed by atoms with Gasteiger partial charge in [0.25, 0.3) is 11.5 Å². The Labute approximate surface area is 433 Å². The number of aromatic amines is 1. The third-order valence-electron chi connectivity index (χ3n) is 13.6. The van der Waals surface area contributed by atoms with Gasteiger partial charge in [0.1, 0.15) is 42.9 Å². The van der Waals surface area contributed by atoms with Gasteiger partial charge in [0.2, 0.25) is 11.3 Å². The molecule has 1 saturated heterocycles. The number of nitrogens with one attached hydrogen (secondary N) is 2. The molecule has 3 unspecified atom stereocenters. The average Bonchev–Trinajstić information content (AvgIpc) is 3.94. The Hall–Kier alpha value is -5.69. The summed E-state index contributed by atoms with van der Waals surface area (Å²) >= 11 is 0. The van der Waals surface area contributed by atoms with E-state index in [1.54, 1.807) is 6.07 Å². The van der Waals surface area contributed by atoms with Gasteiger partial charge in [-0.3, -0.25) is 28.2 Å². The highest BCUT2D eigenvalue weighted by Gasteiger charge is 2.47. The predicted octanol–water partition coefficient (Wildman–Crippen LogP) is 2.96. The van der Waals surface area contributed by atoms with Crippen LogP contribution in [0.4, 0.5) is 11.6 Å². The molecule has 26 nitrogen and oxygen atoms in total. The van der Waals surface area contributed by atoms with Gasteiger partial charge in [0.15, 0.2) is 17.4 Å². The van der Waals surface area contributed by atoms with Gasteiger partial charge >= 0.3 is 29.4 Å². The Balaban J connectivity index is 0.778. The van der Waals surface area contributed by atoms with E-state index in [4.69, 9.17) is 19.7 Å². The Morgan fingerprint density at radius 2 is 1.66 bits per heavy atom. The molecule has 2 aromatic heterocycles. The summed E-state index contributed by atoms with van der Waals surface area (Å²) < 4.78 is 71.0. The number of hydrogen-bond acceptors (Lipinski definition) is 18. The molecule has 5 aromatic rings. The van der Waals surface area contributed by atoms with Crippen LogP contribution in [-0.4, -0.2) is 126 Å². The van der Waals surface area contributed by atoms with Crippen LogP contribution in [0.15, 0.2) is 53.6 Å². The lowest BCUT2D eigenvalue weighted by atomic mass is 9.85. The molecule has 3 aromatic carbocycles. The zero-order chi connectivity index (χ0) is 54.3. The number of phosphoric ester groups is 2. The van der Waals surface area contributed by atoms with Crippen LogP contribution in [0.1, 0.15) is 102 Å². The van der Waals surface area contributed by atoms with Crippen LogP contribution in [0.2, 0.25) is 0 Å². The SMILES string of the molecule is CCN1CCCc2cc3c(cc21)Oc1cc2c(cc1=C3c1cc(C(=O)NCCCCCCOP(=O)(O)OP(=O)(O)OP(=O)(O)OC[C@H]3O[C@@H](n4cnc5c(=O)[nH]c(N)nc54)[C@H](O)[C@@H]3O)ccc1C(=O)O)CCC[N+]=2CC. The predicted molar refractivity (Wildman–Crippen MR) is 271 cm³/mol. The fourth-order valence-electron chi connectivity index (χ4n) is 10.0. The van der Waals surface area contributed by atoms with E-state index in [2.05, 4.69) is 68.9 Å². The number of aliphatic hydroxyl groups excluding tert-OH is 2. The fraction of sp³-hybridized carbons (Fsp3) is 0.447. The molecule has 0 radical (unpaired) electrons. The molecule has 408 valence electrons. The minimum atomic E-state index is -5.86. The van der Waals surface area contributed by atoms with Crippen molar-refractivity contribution in [2.24, 2.45) is 0 Å². The Morgan fingerprint density at radius 1 is 0.908 bits per heavy atom. The van der Waals surface area contributed by atoms with Crippen molar-refractivity contribution in [3.05, 3.63) is 103 Å². The molecule has 0 aliphatic carbocycles. The van der Waals surface area contributed by atoms with Crippen molar-refractivity contribution in [3.8, 4) is 11.5 Å². The van der Waals surface area contributed by atoms with E-state index < -0.39 is 78.7 Å².